The number of aliphatic imine (C=N–C) groups is 1. The molecule has 0 aliphatic carbocycles. The molecule has 2 amide bonds. The highest BCUT2D eigenvalue weighted by molar-refractivity contribution is 6.00. The highest BCUT2D eigenvalue weighted by Crippen LogP contribution is 2.28. The van der Waals surface area contributed by atoms with Crippen LogP contribution in [0.15, 0.2) is 23.2 Å². The van der Waals surface area contributed by atoms with Crippen molar-refractivity contribution in [1.82, 2.24) is 15.3 Å². The molecule has 1 saturated heterocycles. The number of rotatable bonds is 6. The van der Waals surface area contributed by atoms with Gasteiger partial charge in [-0.25, -0.2) is 9.80 Å². The minimum atomic E-state index is 0.00982. The molecule has 1 aromatic rings. The number of amidine groups is 1. The normalized spacial score (nSPS) is 14.7. The number of urea groups is 1. The van der Waals surface area contributed by atoms with E-state index in [1.54, 1.807) is 19.2 Å². The number of carbonyl (C=O) groups is 1. The van der Waals surface area contributed by atoms with Gasteiger partial charge in [0.1, 0.15) is 5.84 Å². The van der Waals surface area contributed by atoms with Crippen LogP contribution < -0.4 is 14.9 Å². The Morgan fingerprint density at radius 2 is 1.96 bits per heavy atom. The van der Waals surface area contributed by atoms with Crippen LogP contribution in [0.5, 0.6) is 11.5 Å². The molecule has 150 valence electrons. The highest BCUT2D eigenvalue weighted by atomic mass is 16.5. The number of carbonyl (C=O) groups excluding carboxylic acids is 1. The van der Waals surface area contributed by atoms with Crippen molar-refractivity contribution in [3.8, 4) is 11.5 Å². The molecule has 27 heavy (non-hydrogen) atoms. The summed E-state index contributed by atoms with van der Waals surface area (Å²) in [6.45, 7) is 6.80. The van der Waals surface area contributed by atoms with Crippen molar-refractivity contribution in [2.75, 3.05) is 40.4 Å². The Morgan fingerprint density at radius 3 is 2.56 bits per heavy atom. The summed E-state index contributed by atoms with van der Waals surface area (Å²) in [6.07, 6.45) is 4.18. The number of amides is 2. The number of methoxy groups -OCH3 is 1. The average molecular weight is 377 g/mol. The summed E-state index contributed by atoms with van der Waals surface area (Å²) >= 11 is 0. The van der Waals surface area contributed by atoms with Crippen LogP contribution in [0, 0.1) is 0 Å². The fraction of sp³-hybridized carbons (Fsp3) is 0.600. The second-order valence-electron chi connectivity index (χ2n) is 6.46. The standard InChI is InChI=1S/C20H32N4O3/c1-5-12-24(20(25)23-13-8-7-9-14-23)22-19(21-3)16-10-11-17(27-6-2)18(15-16)26-4/h10-11,15H,5-9,12-14H2,1-4H3,(H,21,22). The van der Waals surface area contributed by atoms with Gasteiger partial charge >= 0.3 is 6.03 Å². The van der Waals surface area contributed by atoms with Crippen LogP contribution in [0.3, 0.4) is 0 Å². The monoisotopic (exact) mass is 376 g/mol. The minimum Gasteiger partial charge on any atom is -0.493 e. The van der Waals surface area contributed by atoms with Crippen LogP contribution in [0.2, 0.25) is 0 Å². The molecule has 1 aliphatic heterocycles. The highest BCUT2D eigenvalue weighted by Gasteiger charge is 2.23. The van der Waals surface area contributed by atoms with E-state index >= 15 is 0 Å². The van der Waals surface area contributed by atoms with Gasteiger partial charge in [-0.15, -0.1) is 0 Å². The average Bonchev–Trinajstić information content (AvgIpc) is 2.72. The summed E-state index contributed by atoms with van der Waals surface area (Å²) in [4.78, 5) is 19.2. The molecular formula is C20H32N4O3. The lowest BCUT2D eigenvalue weighted by atomic mass is 10.1. The van der Waals surface area contributed by atoms with Gasteiger partial charge in [-0.05, 0) is 50.8 Å². The van der Waals surface area contributed by atoms with E-state index in [4.69, 9.17) is 9.47 Å². The van der Waals surface area contributed by atoms with Crippen LogP contribution in [0.1, 0.15) is 45.1 Å². The van der Waals surface area contributed by atoms with Crippen molar-refractivity contribution in [2.24, 2.45) is 4.99 Å². The molecule has 7 heteroatoms. The molecule has 1 aromatic carbocycles. The van der Waals surface area contributed by atoms with Gasteiger partial charge in [-0.3, -0.25) is 10.4 Å². The van der Waals surface area contributed by atoms with E-state index in [1.165, 1.54) is 6.42 Å². The van der Waals surface area contributed by atoms with Crippen molar-refractivity contribution in [3.63, 3.8) is 0 Å². The lowest BCUT2D eigenvalue weighted by Gasteiger charge is -2.33. The Morgan fingerprint density at radius 1 is 1.22 bits per heavy atom. The predicted octanol–water partition coefficient (Wildman–Crippen LogP) is 3.29. The third-order valence-corrected chi connectivity index (χ3v) is 4.51. The lowest BCUT2D eigenvalue weighted by Crippen LogP contribution is -2.53. The fourth-order valence-electron chi connectivity index (χ4n) is 3.14. The Labute approximate surface area is 162 Å². The number of piperidine rings is 1. The van der Waals surface area contributed by atoms with Crippen molar-refractivity contribution in [1.29, 1.82) is 0 Å². The molecular weight excluding hydrogens is 344 g/mol. The third kappa shape index (κ3) is 5.52. The van der Waals surface area contributed by atoms with Gasteiger partial charge < -0.3 is 14.4 Å². The van der Waals surface area contributed by atoms with Crippen molar-refractivity contribution in [2.45, 2.75) is 39.5 Å². The van der Waals surface area contributed by atoms with E-state index in [1.807, 2.05) is 30.0 Å². The molecule has 2 rings (SSSR count). The van der Waals surface area contributed by atoms with Crippen LogP contribution in [-0.2, 0) is 0 Å². The Kier molecular flexibility index (Phi) is 8.23. The smallest absolute Gasteiger partial charge is 0.338 e. The Bertz CT molecular complexity index is 642. The molecule has 0 saturated carbocycles. The molecule has 1 aliphatic rings. The van der Waals surface area contributed by atoms with Gasteiger partial charge in [0.15, 0.2) is 11.5 Å². The van der Waals surface area contributed by atoms with E-state index in [9.17, 15) is 4.79 Å². The van der Waals surface area contributed by atoms with Gasteiger partial charge in [0.05, 0.1) is 13.7 Å². The van der Waals surface area contributed by atoms with Gasteiger partial charge in [0.2, 0.25) is 0 Å². The van der Waals surface area contributed by atoms with E-state index in [0.29, 0.717) is 30.5 Å². The van der Waals surface area contributed by atoms with Crippen LogP contribution in [0.25, 0.3) is 0 Å². The molecule has 0 unspecified atom stereocenters. The van der Waals surface area contributed by atoms with Crippen molar-refractivity contribution >= 4 is 11.9 Å². The van der Waals surface area contributed by atoms with Crippen molar-refractivity contribution < 1.29 is 14.3 Å². The number of nitrogens with zero attached hydrogens (tertiary/aromatic N) is 3. The number of nitrogens with one attached hydrogen (secondary N) is 1. The molecule has 7 nitrogen and oxygen atoms in total. The van der Waals surface area contributed by atoms with E-state index < -0.39 is 0 Å². The molecule has 0 atom stereocenters. The first-order valence-electron chi connectivity index (χ1n) is 9.75. The summed E-state index contributed by atoms with van der Waals surface area (Å²) in [7, 11) is 3.32. The summed E-state index contributed by atoms with van der Waals surface area (Å²) in [5, 5.41) is 1.66. The third-order valence-electron chi connectivity index (χ3n) is 4.51. The van der Waals surface area contributed by atoms with Gasteiger partial charge in [0.25, 0.3) is 0 Å². The topological polar surface area (TPSA) is 66.4 Å². The summed E-state index contributed by atoms with van der Waals surface area (Å²) < 4.78 is 11.0. The number of likely N-dealkylation sites (tertiary alicyclic amines) is 1. The van der Waals surface area contributed by atoms with Gasteiger partial charge in [-0.1, -0.05) is 6.92 Å². The fourth-order valence-corrected chi connectivity index (χ4v) is 3.14. The van der Waals surface area contributed by atoms with Gasteiger partial charge in [0, 0.05) is 32.2 Å². The second kappa shape index (κ2) is 10.6. The first-order chi connectivity index (χ1) is 13.1. The van der Waals surface area contributed by atoms with Crippen molar-refractivity contribution in [3.05, 3.63) is 23.8 Å². The summed E-state index contributed by atoms with van der Waals surface area (Å²) in [5.41, 5.74) is 4.05. The van der Waals surface area contributed by atoms with Crippen LogP contribution in [-0.4, -0.2) is 62.2 Å². The maximum atomic E-state index is 12.9. The predicted molar refractivity (Wildman–Crippen MR) is 108 cm³/mol. The Balaban J connectivity index is 2.18. The maximum absolute atomic E-state index is 12.9. The Hall–Kier alpha value is -2.44. The zero-order valence-corrected chi connectivity index (χ0v) is 17.0. The molecule has 1 N–H and O–H groups in total. The van der Waals surface area contributed by atoms with E-state index in [0.717, 1.165) is 37.9 Å². The van der Waals surface area contributed by atoms with Gasteiger partial charge in [-0.2, -0.15) is 0 Å². The van der Waals surface area contributed by atoms with E-state index in [2.05, 4.69) is 17.3 Å². The summed E-state index contributed by atoms with van der Waals surface area (Å²) in [5.74, 6) is 1.95. The second-order valence-corrected chi connectivity index (χ2v) is 6.46. The SMILES string of the molecule is CCCN(NC(=NC)c1ccc(OCC)c(OC)c1)C(=O)N1CCCCC1. The maximum Gasteiger partial charge on any atom is 0.338 e. The first-order valence-corrected chi connectivity index (χ1v) is 9.75. The number of ether oxygens (including phenoxy) is 2. The van der Waals surface area contributed by atoms with Crippen LogP contribution >= 0.6 is 0 Å². The first kappa shape index (κ1) is 20.9. The van der Waals surface area contributed by atoms with Crippen LogP contribution in [0.4, 0.5) is 4.79 Å². The number of hydrogen-bond acceptors (Lipinski definition) is 4. The number of benzene rings is 1. The molecule has 0 radical (unpaired) electrons. The molecule has 0 aromatic heterocycles. The number of hydrazine groups is 1. The summed E-state index contributed by atoms with van der Waals surface area (Å²) in [6, 6.07) is 5.66. The number of hydrogen-bond donors (Lipinski definition) is 1. The quantitative estimate of drug-likeness (QED) is 0.470. The molecule has 0 bridgehead atoms. The minimum absolute atomic E-state index is 0.00982. The zero-order chi connectivity index (χ0) is 19.6. The largest absolute Gasteiger partial charge is 0.493 e. The lowest BCUT2D eigenvalue weighted by molar-refractivity contribution is 0.133. The molecule has 1 heterocycles. The molecule has 1 fully saturated rings. The zero-order valence-electron chi connectivity index (χ0n) is 17.0. The molecule has 0 spiro atoms. The van der Waals surface area contributed by atoms with E-state index in [-0.39, 0.29) is 6.03 Å².